The van der Waals surface area contributed by atoms with Gasteiger partial charge in [0.2, 0.25) is 23.8 Å². The summed E-state index contributed by atoms with van der Waals surface area (Å²) in [5.41, 5.74) is -1.34. The van der Waals surface area contributed by atoms with Gasteiger partial charge in [0.15, 0.2) is 42.0 Å². The molecule has 29 nitrogen and oxygen atoms in total. The molecule has 29 heteroatoms. The summed E-state index contributed by atoms with van der Waals surface area (Å²) in [7, 11) is 1.30. The van der Waals surface area contributed by atoms with Crippen molar-refractivity contribution in [2.75, 3.05) is 33.5 Å². The minimum absolute atomic E-state index is 0.0186. The van der Waals surface area contributed by atoms with Crippen LogP contribution in [-0.4, -0.2) is 244 Å². The number of rotatable bonds is 17. The molecule has 16 N–H and O–H groups in total. The lowest BCUT2D eigenvalue weighted by Crippen LogP contribution is -2.65. The van der Waals surface area contributed by atoms with Gasteiger partial charge < -0.3 is 133 Å². The first kappa shape index (κ1) is 58.3. The number of aliphatic hydroxyl groups excluding tert-OH is 13. The lowest BCUT2D eigenvalue weighted by molar-refractivity contribution is -0.358. The Morgan fingerprint density at radius 3 is 1.74 bits per heavy atom. The van der Waals surface area contributed by atoms with Crippen molar-refractivity contribution in [3.63, 3.8) is 0 Å². The van der Waals surface area contributed by atoms with Gasteiger partial charge >= 0.3 is 5.97 Å². The number of benzene rings is 3. The van der Waals surface area contributed by atoms with E-state index in [1.54, 1.807) is 0 Å². The van der Waals surface area contributed by atoms with Gasteiger partial charge in [0.25, 0.3) is 0 Å². The quantitative estimate of drug-likeness (QED) is 0.0347. The number of ether oxygens (including phenoxy) is 10. The summed E-state index contributed by atoms with van der Waals surface area (Å²) in [5, 5.41) is 169. The van der Waals surface area contributed by atoms with Crippen molar-refractivity contribution >= 4 is 23.0 Å². The van der Waals surface area contributed by atoms with Gasteiger partial charge in [-0.05, 0) is 48.0 Å². The molecule has 4 aromatic rings. The van der Waals surface area contributed by atoms with Gasteiger partial charge in [-0.1, -0.05) is 6.07 Å². The predicted molar refractivity (Wildman–Crippen MR) is 253 cm³/mol. The van der Waals surface area contributed by atoms with Crippen molar-refractivity contribution in [2.24, 2.45) is 0 Å². The minimum atomic E-state index is -2.16. The number of phenolic OH excluding ortho intramolecular Hbond substituents is 3. The smallest absolute Gasteiger partial charge is 0.331 e. The van der Waals surface area contributed by atoms with Crippen LogP contribution in [0.4, 0.5) is 0 Å². The van der Waals surface area contributed by atoms with Crippen LogP contribution >= 0.6 is 0 Å². The van der Waals surface area contributed by atoms with E-state index < -0.39 is 195 Å². The summed E-state index contributed by atoms with van der Waals surface area (Å²) in [5.74, 6) is -4.19. The van der Waals surface area contributed by atoms with Crippen LogP contribution in [0.5, 0.6) is 34.5 Å². The fraction of sp³-hybridized carbons (Fsp3) is 0.510. The van der Waals surface area contributed by atoms with E-state index >= 15 is 0 Å². The molecule has 78 heavy (non-hydrogen) atoms. The van der Waals surface area contributed by atoms with Gasteiger partial charge in [0.05, 0.1) is 33.5 Å². The topological polar surface area (TPSA) is 463 Å². The molecule has 0 unspecified atom stereocenters. The van der Waals surface area contributed by atoms with E-state index in [9.17, 15) is 91.3 Å². The lowest BCUT2D eigenvalue weighted by atomic mass is 9.97. The Labute approximate surface area is 439 Å². The van der Waals surface area contributed by atoms with E-state index in [1.807, 2.05) is 0 Å². The van der Waals surface area contributed by atoms with Crippen molar-refractivity contribution in [3.05, 3.63) is 76.5 Å². The summed E-state index contributed by atoms with van der Waals surface area (Å²) >= 11 is 0. The Balaban J connectivity index is 1.10. The summed E-state index contributed by atoms with van der Waals surface area (Å²) < 4.78 is 62.7. The normalized spacial score (nSPS) is 35.4. The number of fused-ring (bicyclic) bond motifs is 1. The highest BCUT2D eigenvalue weighted by atomic mass is 16.8. The fourth-order valence-electron chi connectivity index (χ4n) is 9.02. The molecule has 0 bridgehead atoms. The second-order valence-electron chi connectivity index (χ2n) is 18.4. The molecule has 4 fully saturated rings. The minimum Gasteiger partial charge on any atom is -0.508 e. The third-order valence-corrected chi connectivity index (χ3v) is 13.3. The zero-order valence-corrected chi connectivity index (χ0v) is 40.7. The van der Waals surface area contributed by atoms with Crippen LogP contribution in [0.1, 0.15) is 5.56 Å². The Hall–Kier alpha value is -5.88. The number of aliphatic hydroxyl groups is 13. The van der Waals surface area contributed by atoms with E-state index in [0.717, 1.165) is 18.2 Å². The summed E-state index contributed by atoms with van der Waals surface area (Å²) in [6.07, 6.45) is -35.7. The van der Waals surface area contributed by atoms with Crippen LogP contribution in [0.3, 0.4) is 0 Å². The highest BCUT2D eigenvalue weighted by Gasteiger charge is 2.54. The lowest BCUT2D eigenvalue weighted by Gasteiger charge is -2.46. The van der Waals surface area contributed by atoms with Gasteiger partial charge in [-0.2, -0.15) is 0 Å². The highest BCUT2D eigenvalue weighted by molar-refractivity contribution is 5.89. The number of hydrogen-bond donors (Lipinski definition) is 16. The molecule has 20 atom stereocenters. The molecule has 0 radical (unpaired) electrons. The second-order valence-corrected chi connectivity index (χ2v) is 18.4. The molecule has 0 amide bonds. The third-order valence-electron chi connectivity index (χ3n) is 13.3. The molecule has 0 saturated carbocycles. The van der Waals surface area contributed by atoms with Crippen molar-refractivity contribution in [1.82, 2.24) is 0 Å². The Kier molecular flexibility index (Phi) is 18.4. The van der Waals surface area contributed by atoms with Gasteiger partial charge in [-0.15, -0.1) is 0 Å². The van der Waals surface area contributed by atoms with Crippen LogP contribution < -0.4 is 19.6 Å². The van der Waals surface area contributed by atoms with Crippen LogP contribution in [0, 0.1) is 0 Å². The van der Waals surface area contributed by atoms with E-state index in [2.05, 4.69) is 0 Å². The van der Waals surface area contributed by atoms with Crippen molar-refractivity contribution in [3.8, 4) is 45.8 Å². The molecule has 0 spiro atoms. The molecule has 0 aliphatic carbocycles. The fourth-order valence-corrected chi connectivity index (χ4v) is 9.02. The SMILES string of the molecule is COc1cc(/C=C/C(=O)O[C@H]2[C@H](O[C@H]3[C@H](Oc4c(-c5ccc(O)cc5)oc5cc(O[C@@H]6O[C@H](CO)[C@@H](O[C@@H]7O[C@H](CO)[C@@H](O)[C@H](O)[C@H]7O)[C@H](O)[C@H]6O)cc(O)c5c4=O)O[C@H](CO)[C@@H](O)[C@@H]3O)O[C@H](CO)[C@@H](O)[C@@H]2O)ccc1O. The average Bonchev–Trinajstić information content (AvgIpc) is 3.47. The number of aromatic hydroxyl groups is 3. The molecule has 4 aliphatic rings. The maximum atomic E-state index is 14.7. The largest absolute Gasteiger partial charge is 0.508 e. The standard InChI is InChI=1S/C49H58O29/c1-68-23-10-17(2-8-21(23)55)3-9-29(57)75-44-36(63)32(59)26(14-51)72-48(44)78-45-37(64)33(60)27(15-52)73-49(45)77-43-34(61)30-22(56)11-20(12-24(30)70-41(43)18-4-6-19(54)7-5-18)69-46-40(67)38(65)42(28(16-53)74-46)76-47-39(66)35(62)31(58)25(13-50)71-47/h2-12,25-28,31-33,35-40,42,44-56,58-60,62-67H,13-16H2,1H3/b9-3+/t25-,26-,27-,28-,31-,32-,33-,35+,36+,37+,38-,39-,40-,42-,44-,45-,46-,47+,48+,49+/m1/s1. The van der Waals surface area contributed by atoms with Gasteiger partial charge in [0, 0.05) is 23.8 Å². The molecule has 5 heterocycles. The first-order chi connectivity index (χ1) is 37.2. The average molecular weight is 1110 g/mol. The monoisotopic (exact) mass is 1110 g/mol. The maximum Gasteiger partial charge on any atom is 0.331 e. The predicted octanol–water partition coefficient (Wildman–Crippen LogP) is -5.14. The number of hydrogen-bond acceptors (Lipinski definition) is 29. The number of carbonyl (C=O) groups excluding carboxylic acids is 1. The number of phenols is 3. The molecular weight excluding hydrogens is 1050 g/mol. The summed E-state index contributed by atoms with van der Waals surface area (Å²) in [6, 6.07) is 10.8. The molecular formula is C49H58O29. The zero-order valence-electron chi connectivity index (χ0n) is 40.7. The Morgan fingerprint density at radius 2 is 1.12 bits per heavy atom. The molecule has 8 rings (SSSR count). The Morgan fingerprint density at radius 1 is 0.564 bits per heavy atom. The van der Waals surface area contributed by atoms with E-state index in [1.165, 1.54) is 55.7 Å². The van der Waals surface area contributed by atoms with Crippen molar-refractivity contribution < 1.29 is 138 Å². The van der Waals surface area contributed by atoms with Gasteiger partial charge in [0.1, 0.15) is 114 Å². The summed E-state index contributed by atoms with van der Waals surface area (Å²) in [6.45, 7) is -3.68. The first-order valence-electron chi connectivity index (χ1n) is 23.9. The maximum absolute atomic E-state index is 14.7. The number of methoxy groups -OCH3 is 1. The number of esters is 1. The van der Waals surface area contributed by atoms with Crippen LogP contribution in [0.25, 0.3) is 28.4 Å². The van der Waals surface area contributed by atoms with Crippen LogP contribution in [-0.2, 0) is 38.0 Å². The van der Waals surface area contributed by atoms with Crippen molar-refractivity contribution in [1.29, 1.82) is 0 Å². The molecule has 1 aromatic heterocycles. The molecule has 4 aliphatic heterocycles. The van der Waals surface area contributed by atoms with E-state index in [4.69, 9.17) is 51.8 Å². The van der Waals surface area contributed by atoms with Gasteiger partial charge in [-0.25, -0.2) is 4.79 Å². The molecule has 4 saturated heterocycles. The van der Waals surface area contributed by atoms with Crippen molar-refractivity contribution in [2.45, 2.75) is 123 Å². The number of carbonyl (C=O) groups is 1. The van der Waals surface area contributed by atoms with Gasteiger partial charge in [-0.3, -0.25) is 4.79 Å². The Bertz CT molecular complexity index is 2770. The summed E-state index contributed by atoms with van der Waals surface area (Å²) in [4.78, 5) is 27.9. The zero-order chi connectivity index (χ0) is 56.4. The molecule has 3 aromatic carbocycles. The third kappa shape index (κ3) is 11.9. The van der Waals surface area contributed by atoms with Crippen LogP contribution in [0.2, 0.25) is 0 Å². The van der Waals surface area contributed by atoms with E-state index in [-0.39, 0.29) is 22.8 Å². The van der Waals surface area contributed by atoms with E-state index in [0.29, 0.717) is 5.56 Å². The first-order valence-corrected chi connectivity index (χ1v) is 23.9. The highest BCUT2D eigenvalue weighted by Crippen LogP contribution is 2.40. The second kappa shape index (κ2) is 24.6. The van der Waals surface area contributed by atoms with Crippen LogP contribution in [0.15, 0.2) is 69.9 Å². The molecule has 428 valence electrons.